The Balaban J connectivity index is 2.21. The van der Waals surface area contributed by atoms with Crippen LogP contribution in [0.3, 0.4) is 0 Å². The monoisotopic (exact) mass is 273 g/mol. The van der Waals surface area contributed by atoms with Crippen LogP contribution in [0.15, 0.2) is 60.9 Å². The van der Waals surface area contributed by atoms with Crippen LogP contribution < -0.4 is 0 Å². The average Bonchev–Trinajstić information content (AvgIpc) is 2.46. The molecule has 3 aromatic rings. The molecule has 0 atom stereocenters. The molecule has 0 amide bonds. The van der Waals surface area contributed by atoms with Gasteiger partial charge in [0.15, 0.2) is 0 Å². The first-order valence-electron chi connectivity index (χ1n) is 6.06. The maximum Gasteiger partial charge on any atom is 0.416 e. The van der Waals surface area contributed by atoms with Gasteiger partial charge in [-0.3, -0.25) is 4.98 Å². The molecule has 100 valence electrons. The molecule has 0 unspecified atom stereocenters. The highest BCUT2D eigenvalue weighted by atomic mass is 19.4. The van der Waals surface area contributed by atoms with Crippen molar-refractivity contribution in [3.63, 3.8) is 0 Å². The molecule has 1 nitrogen and oxygen atoms in total. The molecule has 0 bridgehead atoms. The first kappa shape index (κ1) is 12.7. The maximum absolute atomic E-state index is 12.8. The van der Waals surface area contributed by atoms with E-state index in [-0.39, 0.29) is 0 Å². The van der Waals surface area contributed by atoms with Crippen LogP contribution in [-0.2, 0) is 6.18 Å². The molecule has 0 radical (unpaired) electrons. The van der Waals surface area contributed by atoms with Gasteiger partial charge in [0.1, 0.15) is 0 Å². The van der Waals surface area contributed by atoms with E-state index in [2.05, 4.69) is 4.98 Å². The van der Waals surface area contributed by atoms with Crippen LogP contribution >= 0.6 is 0 Å². The van der Waals surface area contributed by atoms with Crippen molar-refractivity contribution in [1.82, 2.24) is 4.98 Å². The quantitative estimate of drug-likeness (QED) is 0.613. The Morgan fingerprint density at radius 1 is 0.900 bits per heavy atom. The number of halogens is 3. The lowest BCUT2D eigenvalue weighted by Gasteiger charge is -2.10. The van der Waals surface area contributed by atoms with Crippen molar-refractivity contribution >= 4 is 10.8 Å². The summed E-state index contributed by atoms with van der Waals surface area (Å²) in [6, 6.07) is 12.7. The number of rotatable bonds is 1. The van der Waals surface area contributed by atoms with E-state index < -0.39 is 11.7 Å². The largest absolute Gasteiger partial charge is 0.416 e. The van der Waals surface area contributed by atoms with E-state index in [4.69, 9.17) is 0 Å². The molecule has 1 aromatic heterocycles. The average molecular weight is 273 g/mol. The molecular weight excluding hydrogens is 263 g/mol. The van der Waals surface area contributed by atoms with Crippen molar-refractivity contribution in [2.24, 2.45) is 0 Å². The van der Waals surface area contributed by atoms with Crippen molar-refractivity contribution < 1.29 is 13.2 Å². The molecule has 20 heavy (non-hydrogen) atoms. The van der Waals surface area contributed by atoms with E-state index in [1.165, 1.54) is 12.1 Å². The van der Waals surface area contributed by atoms with E-state index in [9.17, 15) is 13.2 Å². The lowest BCUT2D eigenvalue weighted by molar-refractivity contribution is -0.137. The van der Waals surface area contributed by atoms with Crippen LogP contribution in [0.2, 0.25) is 0 Å². The van der Waals surface area contributed by atoms with Crippen LogP contribution in [-0.4, -0.2) is 4.98 Å². The van der Waals surface area contributed by atoms with Crippen molar-refractivity contribution in [3.05, 3.63) is 66.5 Å². The minimum atomic E-state index is -4.33. The molecule has 4 heteroatoms. The van der Waals surface area contributed by atoms with E-state index >= 15 is 0 Å². The molecule has 2 aromatic carbocycles. The van der Waals surface area contributed by atoms with Gasteiger partial charge in [0.25, 0.3) is 0 Å². The summed E-state index contributed by atoms with van der Waals surface area (Å²) in [7, 11) is 0. The normalized spacial score (nSPS) is 11.8. The highest BCUT2D eigenvalue weighted by molar-refractivity contribution is 5.96. The Kier molecular flexibility index (Phi) is 2.93. The number of benzene rings is 2. The van der Waals surface area contributed by atoms with Gasteiger partial charge in [-0.1, -0.05) is 30.3 Å². The van der Waals surface area contributed by atoms with Gasteiger partial charge in [-0.25, -0.2) is 0 Å². The highest BCUT2D eigenvalue weighted by Gasteiger charge is 2.30. The summed E-state index contributed by atoms with van der Waals surface area (Å²) in [4.78, 5) is 4.02. The molecular formula is C16H10F3N. The molecule has 0 fully saturated rings. The Labute approximate surface area is 113 Å². The lowest BCUT2D eigenvalue weighted by atomic mass is 9.98. The minimum Gasteiger partial charge on any atom is -0.264 e. The lowest BCUT2D eigenvalue weighted by Crippen LogP contribution is -2.04. The molecule has 0 aliphatic heterocycles. The third-order valence-electron chi connectivity index (χ3n) is 3.18. The molecule has 0 saturated heterocycles. The van der Waals surface area contributed by atoms with Gasteiger partial charge < -0.3 is 0 Å². The number of fused-ring (bicyclic) bond motifs is 1. The predicted molar refractivity (Wildman–Crippen MR) is 72.2 cm³/mol. The number of aromatic nitrogens is 1. The van der Waals surface area contributed by atoms with Gasteiger partial charge in [-0.2, -0.15) is 13.2 Å². The number of hydrogen-bond acceptors (Lipinski definition) is 1. The van der Waals surface area contributed by atoms with Crippen LogP contribution in [0.25, 0.3) is 21.9 Å². The second-order valence-corrected chi connectivity index (χ2v) is 4.48. The van der Waals surface area contributed by atoms with Crippen LogP contribution in [0.4, 0.5) is 13.2 Å². The fraction of sp³-hybridized carbons (Fsp3) is 0.0625. The standard InChI is InChI=1S/C16H10F3N/c17-16(18,19)13-5-1-3-11(9-13)14-6-2-4-12-10-20-8-7-15(12)14/h1-10H. The number of pyridine rings is 1. The second kappa shape index (κ2) is 4.63. The zero-order chi connectivity index (χ0) is 14.2. The molecule has 0 saturated carbocycles. The summed E-state index contributed by atoms with van der Waals surface area (Å²) in [5.41, 5.74) is 0.689. The van der Waals surface area contributed by atoms with Crippen LogP contribution in [0.1, 0.15) is 5.56 Å². The van der Waals surface area contributed by atoms with Gasteiger partial charge in [0.05, 0.1) is 5.56 Å². The molecule has 0 spiro atoms. The third-order valence-corrected chi connectivity index (χ3v) is 3.18. The predicted octanol–water partition coefficient (Wildman–Crippen LogP) is 4.92. The first-order valence-corrected chi connectivity index (χ1v) is 6.06. The fourth-order valence-corrected chi connectivity index (χ4v) is 2.24. The maximum atomic E-state index is 12.8. The smallest absolute Gasteiger partial charge is 0.264 e. The molecule has 0 aliphatic rings. The molecule has 0 N–H and O–H groups in total. The summed E-state index contributed by atoms with van der Waals surface area (Å²) in [5, 5.41) is 1.80. The van der Waals surface area contributed by atoms with Gasteiger partial charge in [0.2, 0.25) is 0 Å². The van der Waals surface area contributed by atoms with Crippen molar-refractivity contribution in [2.75, 3.05) is 0 Å². The van der Waals surface area contributed by atoms with E-state index in [1.54, 1.807) is 18.5 Å². The summed E-state index contributed by atoms with van der Waals surface area (Å²) in [5.74, 6) is 0. The Hall–Kier alpha value is -2.36. The van der Waals surface area contributed by atoms with Crippen LogP contribution in [0, 0.1) is 0 Å². The van der Waals surface area contributed by atoms with E-state index in [0.29, 0.717) is 5.56 Å². The van der Waals surface area contributed by atoms with Crippen molar-refractivity contribution in [3.8, 4) is 11.1 Å². The Morgan fingerprint density at radius 2 is 1.70 bits per heavy atom. The van der Waals surface area contributed by atoms with Gasteiger partial charge in [-0.15, -0.1) is 0 Å². The Morgan fingerprint density at radius 3 is 2.50 bits per heavy atom. The molecule has 3 rings (SSSR count). The molecule has 0 aliphatic carbocycles. The van der Waals surface area contributed by atoms with E-state index in [1.807, 2.05) is 24.3 Å². The topological polar surface area (TPSA) is 12.9 Å². The summed E-state index contributed by atoms with van der Waals surface area (Å²) in [6.07, 6.45) is -0.992. The van der Waals surface area contributed by atoms with E-state index in [0.717, 1.165) is 22.4 Å². The second-order valence-electron chi connectivity index (χ2n) is 4.48. The fourth-order valence-electron chi connectivity index (χ4n) is 2.24. The summed E-state index contributed by atoms with van der Waals surface area (Å²) < 4.78 is 38.4. The van der Waals surface area contributed by atoms with Crippen molar-refractivity contribution in [2.45, 2.75) is 6.18 Å². The number of hydrogen-bond donors (Lipinski definition) is 0. The SMILES string of the molecule is FC(F)(F)c1cccc(-c2cccc3cnccc23)c1. The molecule has 1 heterocycles. The van der Waals surface area contributed by atoms with Gasteiger partial charge in [0, 0.05) is 17.8 Å². The highest BCUT2D eigenvalue weighted by Crippen LogP contribution is 2.34. The number of alkyl halides is 3. The van der Waals surface area contributed by atoms with Crippen LogP contribution in [0.5, 0.6) is 0 Å². The zero-order valence-corrected chi connectivity index (χ0v) is 10.4. The van der Waals surface area contributed by atoms with Crippen molar-refractivity contribution in [1.29, 1.82) is 0 Å². The zero-order valence-electron chi connectivity index (χ0n) is 10.4. The minimum absolute atomic E-state index is 0.552. The first-order chi connectivity index (χ1) is 9.55. The number of nitrogens with zero attached hydrogens (tertiary/aromatic N) is 1. The Bertz CT molecular complexity index is 758. The third kappa shape index (κ3) is 2.25. The summed E-state index contributed by atoms with van der Waals surface area (Å²) in [6.45, 7) is 0. The van der Waals surface area contributed by atoms with Gasteiger partial charge >= 0.3 is 6.18 Å². The van der Waals surface area contributed by atoms with Gasteiger partial charge in [-0.05, 0) is 34.7 Å². The summed E-state index contributed by atoms with van der Waals surface area (Å²) >= 11 is 0.